The monoisotopic (exact) mass is 362 g/mol. The fourth-order valence-corrected chi connectivity index (χ4v) is 3.97. The minimum absolute atomic E-state index is 0.339. The second kappa shape index (κ2) is 8.12. The van der Waals surface area contributed by atoms with Crippen LogP contribution in [-0.2, 0) is 16.6 Å². The molecule has 0 radical (unpaired) electrons. The van der Waals surface area contributed by atoms with Gasteiger partial charge in [-0.1, -0.05) is 26.3 Å². The maximum atomic E-state index is 12.6. The molecule has 0 aliphatic carbocycles. The molecule has 0 heterocycles. The molecule has 0 aliphatic heterocycles. The van der Waals surface area contributed by atoms with Crippen LogP contribution in [0.15, 0.2) is 27.6 Å². The highest BCUT2D eigenvalue weighted by molar-refractivity contribution is 9.10. The summed E-state index contributed by atoms with van der Waals surface area (Å²) >= 11 is 3.34. The summed E-state index contributed by atoms with van der Waals surface area (Å²) in [4.78, 5) is 0.339. The van der Waals surface area contributed by atoms with Crippen molar-refractivity contribution in [2.75, 3.05) is 20.1 Å². The molecule has 0 saturated heterocycles. The smallest absolute Gasteiger partial charge is 0.243 e. The Morgan fingerprint density at radius 2 is 2.00 bits per heavy atom. The summed E-state index contributed by atoms with van der Waals surface area (Å²) in [6.07, 6.45) is 1.84. The van der Waals surface area contributed by atoms with Crippen LogP contribution >= 0.6 is 15.9 Å². The van der Waals surface area contributed by atoms with Gasteiger partial charge in [0.15, 0.2) is 0 Å². The van der Waals surface area contributed by atoms with E-state index >= 15 is 0 Å². The summed E-state index contributed by atoms with van der Waals surface area (Å²) in [7, 11) is -1.80. The van der Waals surface area contributed by atoms with Crippen LogP contribution in [0, 0.1) is 0 Å². The molecular formula is C14H23BrN2O2S. The second-order valence-corrected chi connectivity index (χ2v) is 7.59. The van der Waals surface area contributed by atoms with Crippen molar-refractivity contribution in [3.05, 3.63) is 28.2 Å². The maximum Gasteiger partial charge on any atom is 0.243 e. The van der Waals surface area contributed by atoms with Crippen LogP contribution in [0.1, 0.15) is 32.3 Å². The molecular weight excluding hydrogens is 340 g/mol. The summed E-state index contributed by atoms with van der Waals surface area (Å²) < 4.78 is 27.2. The van der Waals surface area contributed by atoms with E-state index in [0.29, 0.717) is 22.5 Å². The zero-order chi connectivity index (χ0) is 15.2. The van der Waals surface area contributed by atoms with Gasteiger partial charge in [0.1, 0.15) is 0 Å². The first-order valence-electron chi connectivity index (χ1n) is 6.89. The lowest BCUT2D eigenvalue weighted by Gasteiger charge is -2.18. The topological polar surface area (TPSA) is 49.4 Å². The summed E-state index contributed by atoms with van der Waals surface area (Å²) in [5.74, 6) is 0. The van der Waals surface area contributed by atoms with E-state index in [1.54, 1.807) is 19.2 Å². The van der Waals surface area contributed by atoms with Crippen LogP contribution in [0.25, 0.3) is 0 Å². The van der Waals surface area contributed by atoms with Crippen molar-refractivity contribution in [3.8, 4) is 0 Å². The van der Waals surface area contributed by atoms with Gasteiger partial charge in [-0.2, -0.15) is 0 Å². The first-order valence-corrected chi connectivity index (χ1v) is 9.12. The van der Waals surface area contributed by atoms with Gasteiger partial charge in [0, 0.05) is 24.6 Å². The Morgan fingerprint density at radius 3 is 2.60 bits per heavy atom. The van der Waals surface area contributed by atoms with Crippen LogP contribution < -0.4 is 5.32 Å². The van der Waals surface area contributed by atoms with Gasteiger partial charge >= 0.3 is 0 Å². The third-order valence-electron chi connectivity index (χ3n) is 3.09. The van der Waals surface area contributed by atoms with Gasteiger partial charge in [0.25, 0.3) is 0 Å². The van der Waals surface area contributed by atoms with E-state index in [4.69, 9.17) is 0 Å². The molecule has 0 aromatic heterocycles. The number of hydrogen-bond acceptors (Lipinski definition) is 3. The molecule has 1 rings (SSSR count). The molecule has 20 heavy (non-hydrogen) atoms. The lowest BCUT2D eigenvalue weighted by atomic mass is 10.2. The summed E-state index contributed by atoms with van der Waals surface area (Å²) in [5, 5.41) is 3.20. The molecule has 0 saturated carbocycles. The Hall–Kier alpha value is -0.430. The molecule has 0 fully saturated rings. The molecule has 0 spiro atoms. The first kappa shape index (κ1) is 17.6. The standard InChI is InChI=1S/C14H23BrN2O2S/c1-4-6-9-17(3)20(18,19)14-10-12(11-16-5-2)7-8-13(14)15/h7-8,10,16H,4-6,9,11H2,1-3H3. The van der Waals surface area contributed by atoms with Crippen molar-refractivity contribution in [3.63, 3.8) is 0 Å². The number of nitrogens with zero attached hydrogens (tertiary/aromatic N) is 1. The Labute approximate surface area is 130 Å². The minimum Gasteiger partial charge on any atom is -0.313 e. The molecule has 0 bridgehead atoms. The van der Waals surface area contributed by atoms with Gasteiger partial charge in [-0.25, -0.2) is 12.7 Å². The largest absolute Gasteiger partial charge is 0.313 e. The first-order chi connectivity index (χ1) is 9.43. The predicted octanol–water partition coefficient (Wildman–Crippen LogP) is 2.98. The molecule has 114 valence electrons. The molecule has 4 nitrogen and oxygen atoms in total. The van der Waals surface area contributed by atoms with Gasteiger partial charge < -0.3 is 5.32 Å². The Bertz CT molecular complexity index is 532. The number of rotatable bonds is 8. The average molecular weight is 363 g/mol. The lowest BCUT2D eigenvalue weighted by Crippen LogP contribution is -2.28. The quantitative estimate of drug-likeness (QED) is 0.773. The highest BCUT2D eigenvalue weighted by Crippen LogP contribution is 2.26. The fraction of sp³-hybridized carbons (Fsp3) is 0.571. The normalized spacial score (nSPS) is 12.1. The van der Waals surface area contributed by atoms with E-state index in [1.807, 2.05) is 19.9 Å². The molecule has 1 aromatic carbocycles. The van der Waals surface area contributed by atoms with E-state index in [1.165, 1.54) is 4.31 Å². The molecule has 0 aliphatic rings. The van der Waals surface area contributed by atoms with Crippen molar-refractivity contribution < 1.29 is 8.42 Å². The van der Waals surface area contributed by atoms with Crippen molar-refractivity contribution in [2.45, 2.75) is 38.1 Å². The highest BCUT2D eigenvalue weighted by atomic mass is 79.9. The maximum absolute atomic E-state index is 12.6. The van der Waals surface area contributed by atoms with Gasteiger partial charge in [-0.15, -0.1) is 0 Å². The van der Waals surface area contributed by atoms with E-state index < -0.39 is 10.0 Å². The SMILES string of the molecule is CCCCN(C)S(=O)(=O)c1cc(CNCC)ccc1Br. The third kappa shape index (κ3) is 4.55. The zero-order valence-electron chi connectivity index (χ0n) is 12.3. The molecule has 1 N–H and O–H groups in total. The molecule has 6 heteroatoms. The van der Waals surface area contributed by atoms with E-state index in [9.17, 15) is 8.42 Å². The molecule has 0 atom stereocenters. The summed E-state index contributed by atoms with van der Waals surface area (Å²) in [6.45, 7) is 6.14. The van der Waals surface area contributed by atoms with Gasteiger partial charge in [0.2, 0.25) is 10.0 Å². The van der Waals surface area contributed by atoms with E-state index in [2.05, 4.69) is 21.2 Å². The predicted molar refractivity (Wildman–Crippen MR) is 86.2 cm³/mol. The van der Waals surface area contributed by atoms with Crippen molar-refractivity contribution in [1.29, 1.82) is 0 Å². The van der Waals surface area contributed by atoms with Crippen LogP contribution in [0.4, 0.5) is 0 Å². The van der Waals surface area contributed by atoms with E-state index in [0.717, 1.165) is 24.9 Å². The third-order valence-corrected chi connectivity index (χ3v) is 5.94. The van der Waals surface area contributed by atoms with Crippen molar-refractivity contribution in [1.82, 2.24) is 9.62 Å². The average Bonchev–Trinajstić information content (AvgIpc) is 2.43. The van der Waals surface area contributed by atoms with Gasteiger partial charge in [-0.3, -0.25) is 0 Å². The number of sulfonamides is 1. The molecule has 1 aromatic rings. The number of halogens is 1. The van der Waals surface area contributed by atoms with Gasteiger partial charge in [-0.05, 0) is 46.6 Å². The number of unbranched alkanes of at least 4 members (excludes halogenated alkanes) is 1. The minimum atomic E-state index is -3.43. The molecule has 0 unspecified atom stereocenters. The molecule has 0 amide bonds. The van der Waals surface area contributed by atoms with Crippen LogP contribution in [-0.4, -0.2) is 32.9 Å². The Kier molecular flexibility index (Phi) is 7.15. The van der Waals surface area contributed by atoms with Crippen LogP contribution in [0.3, 0.4) is 0 Å². The fourth-order valence-electron chi connectivity index (χ4n) is 1.79. The van der Waals surface area contributed by atoms with Crippen LogP contribution in [0.5, 0.6) is 0 Å². The number of benzene rings is 1. The van der Waals surface area contributed by atoms with Gasteiger partial charge in [0.05, 0.1) is 4.90 Å². The van der Waals surface area contributed by atoms with Crippen LogP contribution in [0.2, 0.25) is 0 Å². The summed E-state index contributed by atoms with van der Waals surface area (Å²) in [6, 6.07) is 5.47. The lowest BCUT2D eigenvalue weighted by molar-refractivity contribution is 0.459. The number of hydrogen-bond donors (Lipinski definition) is 1. The summed E-state index contributed by atoms with van der Waals surface area (Å²) in [5.41, 5.74) is 0.970. The number of nitrogens with one attached hydrogen (secondary N) is 1. The second-order valence-electron chi connectivity index (χ2n) is 4.73. The van der Waals surface area contributed by atoms with Crippen molar-refractivity contribution in [2.24, 2.45) is 0 Å². The Balaban J connectivity index is 3.03. The zero-order valence-corrected chi connectivity index (χ0v) is 14.7. The highest BCUT2D eigenvalue weighted by Gasteiger charge is 2.23. The Morgan fingerprint density at radius 1 is 1.30 bits per heavy atom. The van der Waals surface area contributed by atoms with E-state index in [-0.39, 0.29) is 0 Å². The van der Waals surface area contributed by atoms with Crippen molar-refractivity contribution >= 4 is 26.0 Å².